The summed E-state index contributed by atoms with van der Waals surface area (Å²) in [6, 6.07) is 14.9. The number of aromatic carboxylic acids is 2. The van der Waals surface area contributed by atoms with Crippen molar-refractivity contribution in [2.24, 2.45) is 0 Å². The van der Waals surface area contributed by atoms with E-state index in [1.54, 1.807) is 24.3 Å². The van der Waals surface area contributed by atoms with E-state index >= 15 is 0 Å². The first-order chi connectivity index (χ1) is 20.8. The molecule has 220 valence electrons. The second kappa shape index (κ2) is 13.6. The highest BCUT2D eigenvalue weighted by Gasteiger charge is 2.23. The van der Waals surface area contributed by atoms with Crippen molar-refractivity contribution < 1.29 is 29.6 Å². The van der Waals surface area contributed by atoms with Gasteiger partial charge in [0.15, 0.2) is 0 Å². The third kappa shape index (κ3) is 7.59. The monoisotopic (exact) mass is 597 g/mol. The molecule has 0 bridgehead atoms. The van der Waals surface area contributed by atoms with Gasteiger partial charge in [0.05, 0.1) is 55.9 Å². The van der Waals surface area contributed by atoms with E-state index < -0.39 is 33.2 Å². The van der Waals surface area contributed by atoms with Gasteiger partial charge >= 0.3 is 23.3 Å². The molecule has 4 N–H and O–H groups in total. The zero-order valence-electron chi connectivity index (χ0n) is 22.7. The molecule has 17 heteroatoms. The molecule has 0 fully saturated rings. The summed E-state index contributed by atoms with van der Waals surface area (Å²) in [4.78, 5) is 54.5. The first-order valence-corrected chi connectivity index (χ1v) is 12.0. The third-order valence-corrected chi connectivity index (χ3v) is 5.66. The van der Waals surface area contributed by atoms with Gasteiger partial charge in [-0.3, -0.25) is 20.2 Å². The summed E-state index contributed by atoms with van der Waals surface area (Å²) in [5.41, 5.74) is 0.466. The first kappa shape index (κ1) is 31.5. The average molecular weight is 598 g/mol. The number of aryl methyl sites for hydroxylation is 2. The molecule has 0 radical (unpaired) electrons. The number of hydrogen-bond donors (Lipinski definition) is 4. The molecule has 1 aromatic carbocycles. The molecule has 4 aromatic rings. The number of carboxylic acids is 2. The molecule has 17 nitrogen and oxygen atoms in total. The van der Waals surface area contributed by atoms with E-state index in [0.717, 1.165) is 12.1 Å². The molecule has 3 aromatic heterocycles. The van der Waals surface area contributed by atoms with E-state index in [9.17, 15) is 29.8 Å². The number of pyridine rings is 3. The van der Waals surface area contributed by atoms with Gasteiger partial charge in [0, 0.05) is 17.8 Å². The lowest BCUT2D eigenvalue weighted by Gasteiger charge is -2.08. The minimum Gasteiger partial charge on any atom is -0.478 e. The molecule has 3 heterocycles. The quantitative estimate of drug-likeness (QED) is 0.159. The molecule has 0 aliphatic carbocycles. The van der Waals surface area contributed by atoms with Gasteiger partial charge in [0.2, 0.25) is 11.6 Å². The van der Waals surface area contributed by atoms with Crippen molar-refractivity contribution in [3.8, 4) is 12.1 Å². The molecule has 0 saturated carbocycles. The van der Waals surface area contributed by atoms with Gasteiger partial charge < -0.3 is 20.8 Å². The third-order valence-electron chi connectivity index (χ3n) is 5.66. The van der Waals surface area contributed by atoms with Gasteiger partial charge in [-0.15, -0.1) is 0 Å². The smallest absolute Gasteiger partial charge is 0.337 e. The van der Waals surface area contributed by atoms with E-state index in [0.29, 0.717) is 16.9 Å². The van der Waals surface area contributed by atoms with Crippen LogP contribution in [0.1, 0.15) is 43.4 Å². The van der Waals surface area contributed by atoms with Gasteiger partial charge in [0.1, 0.15) is 11.8 Å². The van der Waals surface area contributed by atoms with Gasteiger partial charge in [-0.2, -0.15) is 10.5 Å². The summed E-state index contributed by atoms with van der Waals surface area (Å²) >= 11 is 0. The number of nitriles is 2. The van der Waals surface area contributed by atoms with Crippen LogP contribution in [0.5, 0.6) is 0 Å². The normalized spacial score (nSPS) is 9.82. The molecule has 44 heavy (non-hydrogen) atoms. The highest BCUT2D eigenvalue weighted by atomic mass is 16.6. The number of nitrogens with one attached hydrogen (secondary N) is 2. The minimum absolute atomic E-state index is 0.0581. The van der Waals surface area contributed by atoms with Crippen LogP contribution in [0.2, 0.25) is 0 Å². The average Bonchev–Trinajstić information content (AvgIpc) is 2.97. The van der Waals surface area contributed by atoms with Crippen molar-refractivity contribution in [2.75, 3.05) is 10.6 Å². The van der Waals surface area contributed by atoms with E-state index in [1.807, 2.05) is 12.1 Å². The summed E-state index contributed by atoms with van der Waals surface area (Å²) in [6.45, 7) is 2.90. The lowest BCUT2D eigenvalue weighted by Crippen LogP contribution is -2.07. The molecule has 0 saturated heterocycles. The minimum atomic E-state index is -1.29. The highest BCUT2D eigenvalue weighted by molar-refractivity contribution is 5.91. The summed E-state index contributed by atoms with van der Waals surface area (Å²) in [5, 5.41) is 63.0. The number of carbonyl (C=O) groups is 2. The fourth-order valence-electron chi connectivity index (χ4n) is 3.52. The van der Waals surface area contributed by atoms with Crippen LogP contribution >= 0.6 is 0 Å². The number of carboxylic acid groups (broad SMARTS) is 2. The lowest BCUT2D eigenvalue weighted by atomic mass is 10.2. The number of nitrogens with zero attached hydrogens (tertiary/aromatic N) is 7. The van der Waals surface area contributed by atoms with Gasteiger partial charge in [0.25, 0.3) is 0 Å². The highest BCUT2D eigenvalue weighted by Crippen LogP contribution is 2.29. The Bertz CT molecular complexity index is 1730. The molecule has 0 aliphatic heterocycles. The number of benzene rings is 1. The molecule has 0 amide bonds. The number of hydrogen-bond acceptors (Lipinski definition) is 13. The predicted octanol–water partition coefficient (Wildman–Crippen LogP) is 4.62. The fraction of sp³-hybridized carbons (Fsp3) is 0.0741. The number of aromatic nitrogens is 3. The molecule has 4 rings (SSSR count). The summed E-state index contributed by atoms with van der Waals surface area (Å²) in [6.07, 6.45) is 1.32. The maximum Gasteiger partial charge on any atom is 0.337 e. The maximum absolute atomic E-state index is 11.1. The maximum atomic E-state index is 11.1. The fourth-order valence-corrected chi connectivity index (χ4v) is 3.52. The zero-order chi connectivity index (χ0) is 32.6. The van der Waals surface area contributed by atoms with Crippen molar-refractivity contribution in [2.45, 2.75) is 13.8 Å². The molecular weight excluding hydrogens is 578 g/mol. The van der Waals surface area contributed by atoms with E-state index in [2.05, 4.69) is 25.6 Å². The lowest BCUT2D eigenvalue weighted by molar-refractivity contribution is -0.384. The van der Waals surface area contributed by atoms with Gasteiger partial charge in [-0.05, 0) is 50.2 Å². The first-order valence-electron chi connectivity index (χ1n) is 12.0. The van der Waals surface area contributed by atoms with Crippen molar-refractivity contribution in [3.05, 3.63) is 109 Å². The molecule has 0 aliphatic rings. The van der Waals surface area contributed by atoms with Crippen LogP contribution in [0.25, 0.3) is 0 Å². The Morgan fingerprint density at radius 1 is 0.773 bits per heavy atom. The van der Waals surface area contributed by atoms with E-state index in [-0.39, 0.29) is 39.8 Å². The van der Waals surface area contributed by atoms with Crippen molar-refractivity contribution in [1.29, 1.82) is 10.5 Å². The van der Waals surface area contributed by atoms with Crippen molar-refractivity contribution >= 4 is 46.3 Å². The Labute approximate surface area is 247 Å². The molecule has 0 spiro atoms. The SMILES string of the molecule is Cc1nc(Nc2ccc(C#N)cc2)c([N+](=O)[O-])cc1C(=O)O.Cc1nc(Nc2ccc(C#N)nc2)c([N+](=O)[O-])cc1C(=O)O. The Hall–Kier alpha value is -7.01. The zero-order valence-corrected chi connectivity index (χ0v) is 22.7. The van der Waals surface area contributed by atoms with Crippen LogP contribution in [0.3, 0.4) is 0 Å². The Morgan fingerprint density at radius 3 is 1.59 bits per heavy atom. The molecule has 0 atom stereocenters. The predicted molar refractivity (Wildman–Crippen MR) is 152 cm³/mol. The summed E-state index contributed by atoms with van der Waals surface area (Å²) < 4.78 is 0. The Balaban J connectivity index is 0.000000240. The van der Waals surface area contributed by atoms with Crippen LogP contribution in [-0.4, -0.2) is 47.0 Å². The number of nitro groups is 2. The summed E-state index contributed by atoms with van der Waals surface area (Å²) in [7, 11) is 0. The second-order valence-corrected chi connectivity index (χ2v) is 8.59. The van der Waals surface area contributed by atoms with Crippen molar-refractivity contribution in [3.63, 3.8) is 0 Å². The Kier molecular flexibility index (Phi) is 9.72. The largest absolute Gasteiger partial charge is 0.478 e. The van der Waals surface area contributed by atoms with Crippen LogP contribution in [0, 0.1) is 56.7 Å². The van der Waals surface area contributed by atoms with E-state index in [4.69, 9.17) is 20.7 Å². The molecule has 0 unspecified atom stereocenters. The van der Waals surface area contributed by atoms with Crippen LogP contribution in [0.4, 0.5) is 34.4 Å². The van der Waals surface area contributed by atoms with Crippen LogP contribution in [-0.2, 0) is 0 Å². The topological polar surface area (TPSA) is 271 Å². The van der Waals surface area contributed by atoms with Crippen LogP contribution in [0.15, 0.2) is 54.7 Å². The molecular formula is C27H19N9O8. The number of anilines is 4. The summed E-state index contributed by atoms with van der Waals surface area (Å²) in [5.74, 6) is -2.73. The second-order valence-electron chi connectivity index (χ2n) is 8.59. The Morgan fingerprint density at radius 2 is 1.23 bits per heavy atom. The van der Waals surface area contributed by atoms with Gasteiger partial charge in [-0.1, -0.05) is 0 Å². The van der Waals surface area contributed by atoms with Gasteiger partial charge in [-0.25, -0.2) is 24.5 Å². The standard InChI is InChI=1S/C14H10N4O4.C13H9N5O4/c1-8-11(14(19)20)6-12(18(21)22)13(16-8)17-10-4-2-9(7-15)3-5-10;1-7-10(13(19)20)4-11(18(21)22)12(16-7)17-9-3-2-8(5-14)15-6-9/h2-6H,1H3,(H,16,17)(H,19,20);2-4,6H,1H3,(H,16,17)(H,19,20). The van der Waals surface area contributed by atoms with Crippen LogP contribution < -0.4 is 10.6 Å². The van der Waals surface area contributed by atoms with E-state index in [1.165, 1.54) is 32.2 Å². The number of rotatable bonds is 8. The van der Waals surface area contributed by atoms with Crippen molar-refractivity contribution in [1.82, 2.24) is 15.0 Å².